The molecule has 0 aliphatic carbocycles. The van der Waals surface area contributed by atoms with Crippen molar-refractivity contribution in [2.75, 3.05) is 17.7 Å². The molecule has 0 radical (unpaired) electrons. The molecule has 0 bridgehead atoms. The number of nitrogen functional groups attached to an aromatic ring is 1. The molecule has 7 heteroatoms. The van der Waals surface area contributed by atoms with Crippen LogP contribution in [-0.4, -0.2) is 12.5 Å². The van der Waals surface area contributed by atoms with E-state index in [9.17, 15) is 4.79 Å². The molecular formula is C16H15Cl3N2O2. The Morgan fingerprint density at radius 2 is 1.87 bits per heavy atom. The smallest absolute Gasteiger partial charge is 0.224 e. The van der Waals surface area contributed by atoms with Gasteiger partial charge in [-0.05, 0) is 42.8 Å². The zero-order chi connectivity index (χ0) is 16.8. The number of carbonyl (C=O) groups is 1. The number of halogens is 3. The highest BCUT2D eigenvalue weighted by Crippen LogP contribution is 2.27. The van der Waals surface area contributed by atoms with Crippen molar-refractivity contribution in [3.8, 4) is 5.75 Å². The van der Waals surface area contributed by atoms with Crippen molar-refractivity contribution in [3.63, 3.8) is 0 Å². The Balaban J connectivity index is 1.75. The lowest BCUT2D eigenvalue weighted by Gasteiger charge is -2.09. The Morgan fingerprint density at radius 1 is 1.09 bits per heavy atom. The Morgan fingerprint density at radius 3 is 2.57 bits per heavy atom. The van der Waals surface area contributed by atoms with Crippen LogP contribution in [-0.2, 0) is 4.79 Å². The molecule has 23 heavy (non-hydrogen) atoms. The van der Waals surface area contributed by atoms with E-state index >= 15 is 0 Å². The number of hydrogen-bond acceptors (Lipinski definition) is 3. The third-order valence-electron chi connectivity index (χ3n) is 2.98. The maximum absolute atomic E-state index is 11.8. The van der Waals surface area contributed by atoms with Gasteiger partial charge >= 0.3 is 0 Å². The van der Waals surface area contributed by atoms with Gasteiger partial charge in [-0.2, -0.15) is 0 Å². The predicted octanol–water partition coefficient (Wildman–Crippen LogP) is 5.03. The van der Waals surface area contributed by atoms with Crippen molar-refractivity contribution >= 4 is 52.1 Å². The van der Waals surface area contributed by atoms with Gasteiger partial charge < -0.3 is 15.8 Å². The molecule has 0 atom stereocenters. The summed E-state index contributed by atoms with van der Waals surface area (Å²) in [6.07, 6.45) is 0.863. The van der Waals surface area contributed by atoms with E-state index in [4.69, 9.17) is 45.3 Å². The van der Waals surface area contributed by atoms with Gasteiger partial charge in [-0.1, -0.05) is 34.8 Å². The quantitative estimate of drug-likeness (QED) is 0.551. The summed E-state index contributed by atoms with van der Waals surface area (Å²) in [5.41, 5.74) is 6.71. The summed E-state index contributed by atoms with van der Waals surface area (Å²) in [5, 5.41) is 4.19. The molecule has 0 aromatic heterocycles. The van der Waals surface area contributed by atoms with Gasteiger partial charge in [-0.25, -0.2) is 0 Å². The van der Waals surface area contributed by atoms with Crippen LogP contribution in [0.5, 0.6) is 5.75 Å². The zero-order valence-electron chi connectivity index (χ0n) is 12.1. The second-order valence-corrected chi connectivity index (χ2v) is 6.06. The first-order valence-electron chi connectivity index (χ1n) is 6.88. The van der Waals surface area contributed by atoms with Gasteiger partial charge in [0.25, 0.3) is 0 Å². The maximum atomic E-state index is 11.8. The highest BCUT2D eigenvalue weighted by Gasteiger charge is 2.06. The van der Waals surface area contributed by atoms with Crippen molar-refractivity contribution in [2.45, 2.75) is 12.8 Å². The fourth-order valence-electron chi connectivity index (χ4n) is 1.85. The van der Waals surface area contributed by atoms with Crippen LogP contribution in [0.1, 0.15) is 12.8 Å². The number of hydrogen-bond donors (Lipinski definition) is 2. The molecule has 2 aromatic rings. The molecule has 0 aliphatic heterocycles. The SMILES string of the molecule is Nc1cc(NC(=O)CCCOc2ccc(Cl)cc2Cl)ccc1Cl. The summed E-state index contributed by atoms with van der Waals surface area (Å²) in [4.78, 5) is 11.8. The number of benzene rings is 2. The van der Waals surface area contributed by atoms with Crippen LogP contribution in [0.4, 0.5) is 11.4 Å². The van der Waals surface area contributed by atoms with E-state index < -0.39 is 0 Å². The number of carbonyl (C=O) groups excluding carboxylic acids is 1. The summed E-state index contributed by atoms with van der Waals surface area (Å²) in [6.45, 7) is 0.373. The third kappa shape index (κ3) is 5.50. The summed E-state index contributed by atoms with van der Waals surface area (Å²) < 4.78 is 5.52. The first-order valence-corrected chi connectivity index (χ1v) is 8.02. The summed E-state index contributed by atoms with van der Waals surface area (Å²) in [6, 6.07) is 9.95. The van der Waals surface area contributed by atoms with Crippen LogP contribution in [0, 0.1) is 0 Å². The van der Waals surface area contributed by atoms with Gasteiger partial charge in [0.1, 0.15) is 5.75 Å². The molecule has 0 saturated heterocycles. The van der Waals surface area contributed by atoms with E-state index in [0.717, 1.165) is 0 Å². The minimum Gasteiger partial charge on any atom is -0.492 e. The van der Waals surface area contributed by atoms with Crippen LogP contribution >= 0.6 is 34.8 Å². The van der Waals surface area contributed by atoms with E-state index in [1.54, 1.807) is 36.4 Å². The summed E-state index contributed by atoms with van der Waals surface area (Å²) in [7, 11) is 0. The van der Waals surface area contributed by atoms with Crippen LogP contribution in [0.3, 0.4) is 0 Å². The average Bonchev–Trinajstić information content (AvgIpc) is 2.49. The van der Waals surface area contributed by atoms with E-state index in [0.29, 0.717) is 51.6 Å². The number of ether oxygens (including phenoxy) is 1. The monoisotopic (exact) mass is 372 g/mol. The summed E-state index contributed by atoms with van der Waals surface area (Å²) >= 11 is 17.6. The second kappa shape index (κ2) is 8.29. The molecule has 0 fully saturated rings. The number of anilines is 2. The normalized spacial score (nSPS) is 10.4. The van der Waals surface area contributed by atoms with E-state index in [-0.39, 0.29) is 5.91 Å². The lowest BCUT2D eigenvalue weighted by Crippen LogP contribution is -2.13. The number of amides is 1. The molecule has 0 aliphatic rings. The number of rotatable bonds is 6. The molecular weight excluding hydrogens is 359 g/mol. The lowest BCUT2D eigenvalue weighted by atomic mass is 10.2. The van der Waals surface area contributed by atoms with Gasteiger partial charge in [0, 0.05) is 17.1 Å². The van der Waals surface area contributed by atoms with Crippen molar-refractivity contribution in [1.82, 2.24) is 0 Å². The average molecular weight is 374 g/mol. The molecule has 0 spiro atoms. The Bertz CT molecular complexity index is 708. The number of nitrogens with two attached hydrogens (primary N) is 1. The van der Waals surface area contributed by atoms with E-state index in [1.807, 2.05) is 0 Å². The van der Waals surface area contributed by atoms with Crippen molar-refractivity contribution in [2.24, 2.45) is 0 Å². The fraction of sp³-hybridized carbons (Fsp3) is 0.188. The topological polar surface area (TPSA) is 64.3 Å². The van der Waals surface area contributed by atoms with Gasteiger partial charge in [-0.3, -0.25) is 4.79 Å². The molecule has 4 nitrogen and oxygen atoms in total. The van der Waals surface area contributed by atoms with E-state index in [2.05, 4.69) is 5.32 Å². The van der Waals surface area contributed by atoms with Gasteiger partial charge in [0.15, 0.2) is 0 Å². The summed E-state index contributed by atoms with van der Waals surface area (Å²) in [5.74, 6) is 0.416. The lowest BCUT2D eigenvalue weighted by molar-refractivity contribution is -0.116. The molecule has 0 unspecified atom stereocenters. The molecule has 3 N–H and O–H groups in total. The van der Waals surface area contributed by atoms with Gasteiger partial charge in [0.05, 0.1) is 22.3 Å². The van der Waals surface area contributed by atoms with Crippen LogP contribution < -0.4 is 15.8 Å². The fourth-order valence-corrected chi connectivity index (χ4v) is 2.43. The molecule has 2 rings (SSSR count). The predicted molar refractivity (Wildman–Crippen MR) is 95.7 cm³/mol. The Hall–Kier alpha value is -1.62. The molecule has 1 amide bonds. The van der Waals surface area contributed by atoms with Crippen molar-refractivity contribution in [1.29, 1.82) is 0 Å². The second-order valence-electron chi connectivity index (χ2n) is 4.81. The van der Waals surface area contributed by atoms with Crippen molar-refractivity contribution < 1.29 is 9.53 Å². The van der Waals surface area contributed by atoms with Gasteiger partial charge in [0.2, 0.25) is 5.91 Å². The maximum Gasteiger partial charge on any atom is 0.224 e. The van der Waals surface area contributed by atoms with E-state index in [1.165, 1.54) is 0 Å². The highest BCUT2D eigenvalue weighted by molar-refractivity contribution is 6.35. The largest absolute Gasteiger partial charge is 0.492 e. The molecule has 2 aromatic carbocycles. The van der Waals surface area contributed by atoms with Crippen molar-refractivity contribution in [3.05, 3.63) is 51.5 Å². The van der Waals surface area contributed by atoms with Crippen LogP contribution in [0.15, 0.2) is 36.4 Å². The van der Waals surface area contributed by atoms with Crippen LogP contribution in [0.25, 0.3) is 0 Å². The molecule has 0 heterocycles. The first-order chi connectivity index (χ1) is 11.0. The Kier molecular flexibility index (Phi) is 6.39. The van der Waals surface area contributed by atoms with Gasteiger partial charge in [-0.15, -0.1) is 0 Å². The Labute approximate surface area is 149 Å². The zero-order valence-corrected chi connectivity index (χ0v) is 14.4. The molecule has 122 valence electrons. The third-order valence-corrected chi connectivity index (χ3v) is 3.85. The minimum atomic E-state index is -0.127. The van der Waals surface area contributed by atoms with Crippen LogP contribution in [0.2, 0.25) is 15.1 Å². The highest BCUT2D eigenvalue weighted by atomic mass is 35.5. The first kappa shape index (κ1) is 17.7. The number of nitrogens with one attached hydrogen (secondary N) is 1. The standard InChI is InChI=1S/C16H15Cl3N2O2/c17-10-3-6-15(13(19)8-10)23-7-1-2-16(22)21-11-4-5-12(18)14(20)9-11/h3-6,8-9H,1-2,7,20H2,(H,21,22). The minimum absolute atomic E-state index is 0.127. The molecule has 0 saturated carbocycles.